The molecule has 0 aromatic rings. The van der Waals surface area contributed by atoms with E-state index in [1.165, 1.54) is 0 Å². The van der Waals surface area contributed by atoms with Crippen molar-refractivity contribution in [3.8, 4) is 0 Å². The van der Waals surface area contributed by atoms with Crippen LogP contribution in [0.3, 0.4) is 0 Å². The van der Waals surface area contributed by atoms with Gasteiger partial charge in [0.05, 0.1) is 0 Å². The Kier molecular flexibility index (Phi) is 2.93. The Hall–Kier alpha value is 0.390. The maximum absolute atomic E-state index is 8.75. The lowest BCUT2D eigenvalue weighted by Gasteiger charge is -2.02. The van der Waals surface area contributed by atoms with Crippen molar-refractivity contribution in [1.29, 1.82) is 0 Å². The van der Waals surface area contributed by atoms with Crippen LogP contribution in [0.4, 0.5) is 0 Å². The van der Waals surface area contributed by atoms with Gasteiger partial charge in [-0.25, -0.2) is 0 Å². The van der Waals surface area contributed by atoms with E-state index in [9.17, 15) is 0 Å². The molecule has 0 aromatic heterocycles. The summed E-state index contributed by atoms with van der Waals surface area (Å²) in [5, 5.41) is 0. The Morgan fingerprint density at radius 3 is 2.25 bits per heavy atom. The number of rotatable bonds is 2. The molecule has 4 heteroatoms. The van der Waals surface area contributed by atoms with Gasteiger partial charge in [-0.1, -0.05) is 6.30 Å². The van der Waals surface area contributed by atoms with Crippen LogP contribution in [0.2, 0.25) is 0 Å². The smallest absolute Gasteiger partial charge is 0.249 e. The fourth-order valence-corrected chi connectivity index (χ4v) is 3.36. The van der Waals surface area contributed by atoms with Gasteiger partial charge in [0.2, 0.25) is 7.77 Å². The first kappa shape index (κ1) is 8.39. The van der Waals surface area contributed by atoms with Crippen LogP contribution in [0, 0.1) is 0 Å². The summed E-state index contributed by atoms with van der Waals surface area (Å²) in [7, 11) is -2.58. The Morgan fingerprint density at radius 2 is 2.25 bits per heavy atom. The first-order chi connectivity index (χ1) is 3.42. The molecule has 0 aromatic carbocycles. The predicted octanol–water partition coefficient (Wildman–Crippen LogP) is 0.718. The molecular formula is C4H12NOP2+. The summed E-state index contributed by atoms with van der Waals surface area (Å²) in [5.41, 5.74) is 5.55. The average Bonchev–Trinajstić information content (AvgIpc) is 1.21. The predicted molar refractivity (Wildman–Crippen MR) is 45.3 cm³/mol. The quantitative estimate of drug-likeness (QED) is 0.572. The number of nitrogens with two attached hydrogens (primary N) is 1. The molecule has 48 valence electrons. The summed E-state index contributed by atoms with van der Waals surface area (Å²) in [6.45, 7) is 1.88. The van der Waals surface area contributed by atoms with Gasteiger partial charge in [0.1, 0.15) is 6.30 Å². The largest absolute Gasteiger partial charge is 0.308 e. The van der Waals surface area contributed by atoms with Crippen molar-refractivity contribution < 1.29 is 4.89 Å². The summed E-state index contributed by atoms with van der Waals surface area (Å²) in [6, 6.07) is 0. The molecule has 0 heterocycles. The molecule has 0 aliphatic heterocycles. The van der Waals surface area contributed by atoms with E-state index in [0.717, 1.165) is 0 Å². The molecule has 2 unspecified atom stereocenters. The van der Waals surface area contributed by atoms with Crippen molar-refractivity contribution in [2.45, 2.75) is 0 Å². The van der Waals surface area contributed by atoms with Crippen LogP contribution in [0.15, 0.2) is 0 Å². The highest BCUT2D eigenvalue weighted by Crippen LogP contribution is 2.38. The van der Waals surface area contributed by atoms with Crippen LogP contribution < -0.4 is 5.50 Å². The molecule has 0 rings (SSSR count). The molecule has 0 aliphatic carbocycles. The number of hydrogen-bond donors (Lipinski definition) is 2. The lowest BCUT2D eigenvalue weighted by molar-refractivity contribution is 0.647. The highest BCUT2D eigenvalue weighted by atomic mass is 31.2. The minimum Gasteiger partial charge on any atom is -0.308 e. The molecular weight excluding hydrogens is 140 g/mol. The van der Waals surface area contributed by atoms with Gasteiger partial charge in [-0.15, -0.1) is 0 Å². The van der Waals surface area contributed by atoms with E-state index in [2.05, 4.69) is 12.6 Å². The molecule has 0 amide bonds. The first-order valence-electron chi connectivity index (χ1n) is 2.17. The Bertz CT molecular complexity index is 137. The lowest BCUT2D eigenvalue weighted by Crippen LogP contribution is -1.94. The van der Waals surface area contributed by atoms with Gasteiger partial charge in [0, 0.05) is 0 Å². The van der Waals surface area contributed by atoms with E-state index in [0.29, 0.717) is 5.90 Å². The van der Waals surface area contributed by atoms with Crippen molar-refractivity contribution in [3.05, 3.63) is 0 Å². The second kappa shape index (κ2) is 2.80. The van der Waals surface area contributed by atoms with Gasteiger partial charge in [-0.05, 0) is 13.7 Å². The topological polar surface area (TPSA) is 46.2 Å². The van der Waals surface area contributed by atoms with Gasteiger partial charge < -0.3 is 5.50 Å². The third kappa shape index (κ3) is 6.39. The van der Waals surface area contributed by atoms with Crippen LogP contribution in [0.1, 0.15) is 0 Å². The summed E-state index contributed by atoms with van der Waals surface area (Å²) in [6.07, 6.45) is 7.17. The minimum absolute atomic E-state index is 0.613. The van der Waals surface area contributed by atoms with E-state index in [1.807, 2.05) is 6.66 Å². The molecule has 0 fully saturated rings. The van der Waals surface area contributed by atoms with Gasteiger partial charge >= 0.3 is 0 Å². The third-order valence-electron chi connectivity index (χ3n) is 0.486. The molecule has 2 nitrogen and oxygen atoms in total. The summed E-state index contributed by atoms with van der Waals surface area (Å²) in [4.78, 5) is 8.75. The summed E-state index contributed by atoms with van der Waals surface area (Å²) >= 11 is 0. The maximum Gasteiger partial charge on any atom is 0.249 e. The zero-order valence-electron chi connectivity index (χ0n) is 5.04. The van der Waals surface area contributed by atoms with Gasteiger partial charge in [-0.2, -0.15) is 4.89 Å². The zero-order chi connectivity index (χ0) is 6.78. The SMILES string of the molecule is C=[P+](O)CP(=C)(C)N. The Labute approximate surface area is 51.2 Å². The van der Waals surface area contributed by atoms with Crippen molar-refractivity contribution in [2.24, 2.45) is 5.50 Å². The van der Waals surface area contributed by atoms with E-state index < -0.39 is 14.8 Å². The molecule has 3 N–H and O–H groups in total. The van der Waals surface area contributed by atoms with Gasteiger partial charge in [0.15, 0.2) is 5.90 Å². The molecule has 0 aliphatic rings. The summed E-state index contributed by atoms with van der Waals surface area (Å²) < 4.78 is 0. The molecule has 0 saturated heterocycles. The van der Waals surface area contributed by atoms with Crippen molar-refractivity contribution in [2.75, 3.05) is 12.6 Å². The van der Waals surface area contributed by atoms with Crippen LogP contribution in [0.25, 0.3) is 0 Å². The van der Waals surface area contributed by atoms with Crippen molar-refractivity contribution in [1.82, 2.24) is 0 Å². The Balaban J connectivity index is 3.74. The van der Waals surface area contributed by atoms with Crippen molar-refractivity contribution in [3.63, 3.8) is 0 Å². The second-order valence-corrected chi connectivity index (χ2v) is 7.23. The van der Waals surface area contributed by atoms with E-state index >= 15 is 0 Å². The third-order valence-corrected chi connectivity index (χ3v) is 4.38. The van der Waals surface area contributed by atoms with Crippen molar-refractivity contribution >= 4 is 27.4 Å². The van der Waals surface area contributed by atoms with Crippen LogP contribution in [-0.4, -0.2) is 30.1 Å². The fourth-order valence-electron chi connectivity index (χ4n) is 0.373. The Morgan fingerprint density at radius 1 is 1.88 bits per heavy atom. The molecule has 0 radical (unpaired) electrons. The highest BCUT2D eigenvalue weighted by Gasteiger charge is 2.08. The fraction of sp³-hybridized carbons (Fsp3) is 0.500. The van der Waals surface area contributed by atoms with E-state index in [4.69, 9.17) is 10.4 Å². The standard InChI is InChI=1S/C4H12NOP2/c1-7(6)4-8(2,3)5/h6H,1-2,4-5H2,3H3/q+1. The van der Waals surface area contributed by atoms with Gasteiger partial charge in [0.25, 0.3) is 0 Å². The monoisotopic (exact) mass is 152 g/mol. The molecule has 0 bridgehead atoms. The second-order valence-electron chi connectivity index (χ2n) is 2.13. The van der Waals surface area contributed by atoms with Crippen LogP contribution >= 0.6 is 14.8 Å². The van der Waals surface area contributed by atoms with Crippen LogP contribution in [0.5, 0.6) is 0 Å². The summed E-state index contributed by atoms with van der Waals surface area (Å²) in [5.74, 6) is 0.613. The molecule has 0 saturated carbocycles. The molecule has 8 heavy (non-hydrogen) atoms. The molecule has 0 spiro atoms. The van der Waals surface area contributed by atoms with E-state index in [-0.39, 0.29) is 0 Å². The maximum atomic E-state index is 8.75. The lowest BCUT2D eigenvalue weighted by atomic mass is 11.8. The number of hydrogen-bond acceptors (Lipinski definition) is 2. The van der Waals surface area contributed by atoms with Gasteiger partial charge in [-0.3, -0.25) is 0 Å². The van der Waals surface area contributed by atoms with E-state index in [1.54, 1.807) is 0 Å². The zero-order valence-corrected chi connectivity index (χ0v) is 6.83. The minimum atomic E-state index is -1.51. The highest BCUT2D eigenvalue weighted by molar-refractivity contribution is 7.79. The molecule has 2 atom stereocenters. The normalized spacial score (nSPS) is 19.6. The van der Waals surface area contributed by atoms with Crippen LogP contribution in [-0.2, 0) is 0 Å². The average molecular weight is 152 g/mol. The first-order valence-corrected chi connectivity index (χ1v) is 6.51.